The van der Waals surface area contributed by atoms with Gasteiger partial charge in [-0.2, -0.15) is 0 Å². The summed E-state index contributed by atoms with van der Waals surface area (Å²) in [5.74, 6) is -0.203. The van der Waals surface area contributed by atoms with Crippen molar-refractivity contribution in [1.29, 1.82) is 0 Å². The maximum atomic E-state index is 12.2. The molecule has 0 saturated carbocycles. The molecule has 0 bridgehead atoms. The summed E-state index contributed by atoms with van der Waals surface area (Å²) in [6, 6.07) is 7.22. The number of carbonyl (C=O) groups excluding carboxylic acids is 1. The van der Waals surface area contributed by atoms with Gasteiger partial charge in [0.05, 0.1) is 11.0 Å². The van der Waals surface area contributed by atoms with E-state index in [4.69, 9.17) is 0 Å². The highest BCUT2D eigenvalue weighted by Gasteiger charge is 2.16. The van der Waals surface area contributed by atoms with Crippen LogP contribution in [0.5, 0.6) is 0 Å². The van der Waals surface area contributed by atoms with Crippen LogP contribution in [0.2, 0.25) is 0 Å². The van der Waals surface area contributed by atoms with Crippen molar-refractivity contribution in [1.82, 2.24) is 9.13 Å². The van der Waals surface area contributed by atoms with Crippen molar-refractivity contribution >= 4 is 22.6 Å². The lowest BCUT2D eigenvalue weighted by Crippen LogP contribution is -2.27. The van der Waals surface area contributed by atoms with Crippen LogP contribution in [0.1, 0.15) is 25.1 Å². The minimum Gasteiger partial charge on any atom is -0.274 e. The van der Waals surface area contributed by atoms with Gasteiger partial charge in [0.1, 0.15) is 0 Å². The van der Waals surface area contributed by atoms with Crippen LogP contribution in [0.15, 0.2) is 35.6 Å². The molecule has 17 heavy (non-hydrogen) atoms. The molecular weight excluding hydrogens is 216 g/mol. The van der Waals surface area contributed by atoms with Crippen LogP contribution in [0.25, 0.3) is 16.7 Å². The minimum atomic E-state index is -0.342. The number of aromatic nitrogens is 2. The third kappa shape index (κ3) is 1.62. The topological polar surface area (TPSA) is 44.0 Å². The van der Waals surface area contributed by atoms with Crippen LogP contribution in [0.4, 0.5) is 0 Å². The van der Waals surface area contributed by atoms with Gasteiger partial charge >= 0.3 is 5.69 Å². The molecule has 88 valence electrons. The van der Waals surface area contributed by atoms with Gasteiger partial charge in [0.25, 0.3) is 0 Å². The van der Waals surface area contributed by atoms with Crippen molar-refractivity contribution in [2.24, 2.45) is 0 Å². The Balaban J connectivity index is 2.94. The zero-order chi connectivity index (χ0) is 12.6. The van der Waals surface area contributed by atoms with Crippen LogP contribution in [0, 0.1) is 0 Å². The average Bonchev–Trinajstić information content (AvgIpc) is 2.60. The van der Waals surface area contributed by atoms with Gasteiger partial charge in [0.15, 0.2) is 0 Å². The molecule has 0 saturated heterocycles. The molecule has 2 aromatic rings. The fourth-order valence-electron chi connectivity index (χ4n) is 1.92. The minimum absolute atomic E-state index is 0.203. The molecule has 4 nitrogen and oxygen atoms in total. The normalized spacial score (nSPS) is 10.7. The molecule has 0 aliphatic rings. The monoisotopic (exact) mass is 230 g/mol. The zero-order valence-corrected chi connectivity index (χ0v) is 9.93. The van der Waals surface area contributed by atoms with Gasteiger partial charge in [-0.3, -0.25) is 9.36 Å². The number of imidazole rings is 1. The molecule has 0 N–H and O–H groups in total. The Morgan fingerprint density at radius 3 is 2.24 bits per heavy atom. The summed E-state index contributed by atoms with van der Waals surface area (Å²) in [5.41, 5.74) is 1.61. The summed E-state index contributed by atoms with van der Waals surface area (Å²) in [5, 5.41) is 0. The van der Waals surface area contributed by atoms with Gasteiger partial charge in [-0.15, -0.1) is 0 Å². The Morgan fingerprint density at radius 1 is 1.24 bits per heavy atom. The molecule has 1 heterocycles. The first-order valence-electron chi connectivity index (χ1n) is 5.49. The smallest absolute Gasteiger partial charge is 0.274 e. The van der Waals surface area contributed by atoms with Crippen LogP contribution in [-0.4, -0.2) is 15.0 Å². The van der Waals surface area contributed by atoms with Gasteiger partial charge in [0, 0.05) is 12.1 Å². The van der Waals surface area contributed by atoms with E-state index in [-0.39, 0.29) is 11.6 Å². The lowest BCUT2D eigenvalue weighted by molar-refractivity contribution is 0.0909. The van der Waals surface area contributed by atoms with Gasteiger partial charge < -0.3 is 0 Å². The predicted molar refractivity (Wildman–Crippen MR) is 68.1 cm³/mol. The second kappa shape index (κ2) is 4.05. The molecular formula is C13H14N2O2. The third-order valence-corrected chi connectivity index (χ3v) is 2.68. The number of para-hydroxylation sites is 2. The highest BCUT2D eigenvalue weighted by molar-refractivity contribution is 5.91. The summed E-state index contributed by atoms with van der Waals surface area (Å²) >= 11 is 0. The van der Waals surface area contributed by atoms with E-state index in [2.05, 4.69) is 6.58 Å². The predicted octanol–water partition coefficient (Wildman–Crippen LogP) is 2.34. The number of hydrogen-bond donors (Lipinski definition) is 0. The summed E-state index contributed by atoms with van der Waals surface area (Å²) in [7, 11) is 0. The third-order valence-electron chi connectivity index (χ3n) is 2.68. The van der Waals surface area contributed by atoms with Gasteiger partial charge in [-0.05, 0) is 19.1 Å². The Labute approximate surface area is 98.8 Å². The number of fused-ring (bicyclic) bond motifs is 1. The summed E-state index contributed by atoms with van der Waals surface area (Å²) in [6.45, 7) is 7.26. The van der Waals surface area contributed by atoms with E-state index in [9.17, 15) is 9.59 Å². The molecule has 2 rings (SSSR count). The van der Waals surface area contributed by atoms with Crippen molar-refractivity contribution in [2.75, 3.05) is 0 Å². The number of nitrogens with zero attached hydrogens (tertiary/aromatic N) is 2. The van der Waals surface area contributed by atoms with Gasteiger partial charge in [0.2, 0.25) is 5.91 Å². The zero-order valence-electron chi connectivity index (χ0n) is 9.93. The Morgan fingerprint density at radius 2 is 1.76 bits per heavy atom. The molecule has 1 aromatic heterocycles. The molecule has 0 amide bonds. The molecule has 1 aromatic carbocycles. The first-order valence-corrected chi connectivity index (χ1v) is 5.49. The maximum Gasteiger partial charge on any atom is 0.340 e. The fourth-order valence-corrected chi connectivity index (χ4v) is 1.92. The van der Waals surface area contributed by atoms with Crippen LogP contribution in [-0.2, 0) is 0 Å². The van der Waals surface area contributed by atoms with E-state index >= 15 is 0 Å². The lowest BCUT2D eigenvalue weighted by atomic mass is 10.3. The van der Waals surface area contributed by atoms with Crippen molar-refractivity contribution in [3.63, 3.8) is 0 Å². The number of rotatable bonds is 2. The molecule has 4 heteroatoms. The Kier molecular flexibility index (Phi) is 2.71. The van der Waals surface area contributed by atoms with Crippen molar-refractivity contribution in [2.45, 2.75) is 20.3 Å². The van der Waals surface area contributed by atoms with Crippen LogP contribution < -0.4 is 5.69 Å². The fraction of sp³-hybridized carbons (Fsp3) is 0.231. The first kappa shape index (κ1) is 11.4. The largest absolute Gasteiger partial charge is 0.340 e. The summed E-state index contributed by atoms with van der Waals surface area (Å²) < 4.78 is 2.67. The SMILES string of the molecule is C=C(C)n1c(=O)n(C(=O)CC)c2ccccc21. The molecule has 0 radical (unpaired) electrons. The average molecular weight is 230 g/mol. The van der Waals surface area contributed by atoms with E-state index in [1.165, 1.54) is 9.13 Å². The van der Waals surface area contributed by atoms with Crippen molar-refractivity contribution < 1.29 is 4.79 Å². The molecule has 0 fully saturated rings. The van der Waals surface area contributed by atoms with Crippen molar-refractivity contribution in [3.05, 3.63) is 41.3 Å². The second-order valence-electron chi connectivity index (χ2n) is 3.92. The number of allylic oxidation sites excluding steroid dienone is 1. The quantitative estimate of drug-likeness (QED) is 0.794. The number of hydrogen-bond acceptors (Lipinski definition) is 2. The maximum absolute atomic E-state index is 12.2. The number of benzene rings is 1. The van der Waals surface area contributed by atoms with E-state index in [1.54, 1.807) is 19.9 Å². The van der Waals surface area contributed by atoms with Gasteiger partial charge in [-0.1, -0.05) is 25.6 Å². The van der Waals surface area contributed by atoms with Crippen molar-refractivity contribution in [3.8, 4) is 0 Å². The first-order chi connectivity index (χ1) is 8.07. The van der Waals surface area contributed by atoms with E-state index in [0.717, 1.165) is 0 Å². The lowest BCUT2D eigenvalue weighted by Gasteiger charge is -1.99. The van der Waals surface area contributed by atoms with E-state index < -0.39 is 0 Å². The van der Waals surface area contributed by atoms with E-state index in [1.807, 2.05) is 18.2 Å². The van der Waals surface area contributed by atoms with Gasteiger partial charge in [-0.25, -0.2) is 9.36 Å². The second-order valence-corrected chi connectivity index (χ2v) is 3.92. The van der Waals surface area contributed by atoms with E-state index in [0.29, 0.717) is 23.2 Å². The molecule has 0 atom stereocenters. The molecule has 0 aliphatic carbocycles. The summed E-state index contributed by atoms with van der Waals surface area (Å²) in [6.07, 6.45) is 0.296. The summed E-state index contributed by atoms with van der Waals surface area (Å²) in [4.78, 5) is 24.0. The Bertz CT molecular complexity index is 662. The number of carbonyl (C=O) groups is 1. The molecule has 0 unspecified atom stereocenters. The van der Waals surface area contributed by atoms with Crippen LogP contribution >= 0.6 is 0 Å². The van der Waals surface area contributed by atoms with Crippen LogP contribution in [0.3, 0.4) is 0 Å². The highest BCUT2D eigenvalue weighted by atomic mass is 16.2. The Hall–Kier alpha value is -2.10. The highest BCUT2D eigenvalue weighted by Crippen LogP contribution is 2.15. The molecule has 0 spiro atoms. The molecule has 0 aliphatic heterocycles. The standard InChI is InChI=1S/C13H14N2O2/c1-4-12(16)15-11-8-6-5-7-10(11)14(9(2)3)13(15)17/h5-8H,2,4H2,1,3H3.